The Balaban J connectivity index is 1.53. The smallest absolute Gasteiger partial charge is 0.119 e. The monoisotopic (exact) mass is 403 g/mol. The highest BCUT2D eigenvalue weighted by Gasteiger charge is 2.20. The highest BCUT2D eigenvalue weighted by atomic mass is 16.5. The molecule has 0 radical (unpaired) electrons. The van der Waals surface area contributed by atoms with E-state index in [-0.39, 0.29) is 0 Å². The molecule has 4 rings (SSSR count). The largest absolute Gasteiger partial charge is 0.493 e. The molecule has 0 amide bonds. The minimum Gasteiger partial charge on any atom is -0.493 e. The van der Waals surface area contributed by atoms with Crippen LogP contribution in [0.15, 0.2) is 60.7 Å². The van der Waals surface area contributed by atoms with Gasteiger partial charge in [-0.15, -0.1) is 0 Å². The van der Waals surface area contributed by atoms with Crippen molar-refractivity contribution in [2.45, 2.75) is 45.6 Å². The Hall–Kier alpha value is -2.59. The number of hydrogen-bond donors (Lipinski definition) is 1. The lowest BCUT2D eigenvalue weighted by Crippen LogP contribution is -2.26. The van der Waals surface area contributed by atoms with Crippen LogP contribution in [0.2, 0.25) is 0 Å². The van der Waals surface area contributed by atoms with Crippen LogP contribution in [0.3, 0.4) is 0 Å². The maximum absolute atomic E-state index is 5.83. The minimum atomic E-state index is 0.530. The third-order valence-corrected chi connectivity index (χ3v) is 5.71. The van der Waals surface area contributed by atoms with Gasteiger partial charge in [0, 0.05) is 18.0 Å². The first-order valence-corrected chi connectivity index (χ1v) is 11.2. The Labute approximate surface area is 180 Å². The first-order chi connectivity index (χ1) is 14.7. The predicted octanol–water partition coefficient (Wildman–Crippen LogP) is 5.02. The topological polar surface area (TPSA) is 39.1 Å². The summed E-state index contributed by atoms with van der Waals surface area (Å²) in [5.74, 6) is 2.03. The molecule has 3 aromatic rings. The second kappa shape index (κ2) is 9.94. The molecule has 0 spiro atoms. The lowest BCUT2D eigenvalue weighted by atomic mass is 9.94. The van der Waals surface area contributed by atoms with Crippen LogP contribution in [0.4, 0.5) is 0 Å². The van der Waals surface area contributed by atoms with E-state index in [4.69, 9.17) is 9.84 Å². The number of aromatic nitrogens is 2. The van der Waals surface area contributed by atoms with Gasteiger partial charge in [0.05, 0.1) is 18.8 Å². The molecule has 1 fully saturated rings. The zero-order chi connectivity index (χ0) is 20.8. The fraction of sp³-hybridized carbons (Fsp3) is 0.423. The van der Waals surface area contributed by atoms with Crippen LogP contribution in [0.1, 0.15) is 55.1 Å². The second-order valence-electron chi connectivity index (χ2n) is 8.75. The molecule has 30 heavy (non-hydrogen) atoms. The number of nitrogens with one attached hydrogen (secondary N) is 1. The molecule has 2 heterocycles. The fourth-order valence-corrected chi connectivity index (χ4v) is 4.01. The Morgan fingerprint density at radius 3 is 2.43 bits per heavy atom. The summed E-state index contributed by atoms with van der Waals surface area (Å²) in [4.78, 5) is 0. The van der Waals surface area contributed by atoms with Crippen molar-refractivity contribution in [2.75, 3.05) is 19.7 Å². The van der Waals surface area contributed by atoms with Gasteiger partial charge in [-0.1, -0.05) is 56.3 Å². The van der Waals surface area contributed by atoms with E-state index in [0.717, 1.165) is 38.4 Å². The molecule has 0 unspecified atom stereocenters. The maximum Gasteiger partial charge on any atom is 0.119 e. The third-order valence-electron chi connectivity index (χ3n) is 5.71. The van der Waals surface area contributed by atoms with Gasteiger partial charge in [-0.25, -0.2) is 0 Å². The first kappa shape index (κ1) is 20.7. The average Bonchev–Trinajstić information content (AvgIpc) is 3.17. The Bertz CT molecular complexity index is 909. The maximum atomic E-state index is 5.83. The van der Waals surface area contributed by atoms with Crippen molar-refractivity contribution < 1.29 is 4.74 Å². The van der Waals surface area contributed by atoms with Crippen LogP contribution in [-0.4, -0.2) is 29.5 Å². The molecule has 0 atom stereocenters. The number of ether oxygens (including phenoxy) is 1. The molecule has 1 saturated heterocycles. The van der Waals surface area contributed by atoms with Gasteiger partial charge in [-0.05, 0) is 61.2 Å². The van der Waals surface area contributed by atoms with Crippen LogP contribution < -0.4 is 10.1 Å². The molecule has 2 aromatic carbocycles. The van der Waals surface area contributed by atoms with Crippen LogP contribution in [0.25, 0.3) is 0 Å². The van der Waals surface area contributed by atoms with Gasteiger partial charge in [-0.2, -0.15) is 5.10 Å². The SMILES string of the molecule is CC(C)COc1ccc(Cn2nc(C3CCNCC3)cc2Cc2ccccc2)cc1. The number of hydrogen-bond acceptors (Lipinski definition) is 3. The molecule has 0 saturated carbocycles. The van der Waals surface area contributed by atoms with Gasteiger partial charge in [0.15, 0.2) is 0 Å². The molecule has 0 aliphatic carbocycles. The Kier molecular flexibility index (Phi) is 6.85. The molecule has 0 bridgehead atoms. The van der Waals surface area contributed by atoms with Gasteiger partial charge in [0.1, 0.15) is 5.75 Å². The van der Waals surface area contributed by atoms with E-state index in [1.807, 2.05) is 0 Å². The van der Waals surface area contributed by atoms with E-state index in [0.29, 0.717) is 11.8 Å². The van der Waals surface area contributed by atoms with Crippen LogP contribution in [0.5, 0.6) is 5.75 Å². The highest BCUT2D eigenvalue weighted by molar-refractivity contribution is 5.29. The van der Waals surface area contributed by atoms with Crippen molar-refractivity contribution >= 4 is 0 Å². The summed E-state index contributed by atoms with van der Waals surface area (Å²) in [5.41, 5.74) is 5.11. The highest BCUT2D eigenvalue weighted by Crippen LogP contribution is 2.26. The van der Waals surface area contributed by atoms with Crippen molar-refractivity contribution in [3.8, 4) is 5.75 Å². The second-order valence-corrected chi connectivity index (χ2v) is 8.75. The molecule has 1 aromatic heterocycles. The van der Waals surface area contributed by atoms with Crippen molar-refractivity contribution in [2.24, 2.45) is 5.92 Å². The van der Waals surface area contributed by atoms with Gasteiger partial charge >= 0.3 is 0 Å². The molecule has 1 N–H and O–H groups in total. The predicted molar refractivity (Wildman–Crippen MR) is 122 cm³/mol. The summed E-state index contributed by atoms with van der Waals surface area (Å²) in [6.45, 7) is 8.05. The van der Waals surface area contributed by atoms with E-state index in [1.165, 1.54) is 35.4 Å². The Morgan fingerprint density at radius 1 is 1.00 bits per heavy atom. The summed E-state index contributed by atoms with van der Waals surface area (Å²) >= 11 is 0. The number of nitrogens with zero attached hydrogens (tertiary/aromatic N) is 2. The summed E-state index contributed by atoms with van der Waals surface area (Å²) in [5, 5.41) is 8.53. The molecular formula is C26H33N3O. The summed E-state index contributed by atoms with van der Waals surface area (Å²) in [7, 11) is 0. The molecule has 158 valence electrons. The van der Waals surface area contributed by atoms with Crippen molar-refractivity contribution in [1.82, 2.24) is 15.1 Å². The number of benzene rings is 2. The lowest BCUT2D eigenvalue weighted by molar-refractivity contribution is 0.271. The standard InChI is InChI=1S/C26H33N3O/c1-20(2)19-30-25-10-8-22(9-11-25)18-29-24(16-21-6-4-3-5-7-21)17-26(28-29)23-12-14-27-15-13-23/h3-11,17,20,23,27H,12-16,18-19H2,1-2H3. The fourth-order valence-electron chi connectivity index (χ4n) is 4.01. The first-order valence-electron chi connectivity index (χ1n) is 11.2. The Morgan fingerprint density at radius 2 is 1.73 bits per heavy atom. The third kappa shape index (κ3) is 5.51. The van der Waals surface area contributed by atoms with Crippen LogP contribution >= 0.6 is 0 Å². The average molecular weight is 404 g/mol. The van der Waals surface area contributed by atoms with E-state index in [1.54, 1.807) is 0 Å². The van der Waals surface area contributed by atoms with E-state index >= 15 is 0 Å². The number of piperidine rings is 1. The zero-order valence-corrected chi connectivity index (χ0v) is 18.2. The van der Waals surface area contributed by atoms with Crippen molar-refractivity contribution in [3.63, 3.8) is 0 Å². The summed E-state index contributed by atoms with van der Waals surface area (Å²) in [6, 6.07) is 21.5. The van der Waals surface area contributed by atoms with Crippen molar-refractivity contribution in [1.29, 1.82) is 0 Å². The number of rotatable bonds is 8. The van der Waals surface area contributed by atoms with Gasteiger partial charge in [-0.3, -0.25) is 4.68 Å². The molecule has 4 heteroatoms. The van der Waals surface area contributed by atoms with E-state index in [2.05, 4.69) is 84.5 Å². The summed E-state index contributed by atoms with van der Waals surface area (Å²) in [6.07, 6.45) is 3.25. The van der Waals surface area contributed by atoms with Gasteiger partial charge in [0.25, 0.3) is 0 Å². The van der Waals surface area contributed by atoms with Crippen molar-refractivity contribution in [3.05, 3.63) is 83.2 Å². The quantitative estimate of drug-likeness (QED) is 0.574. The van der Waals surface area contributed by atoms with Crippen LogP contribution in [0, 0.1) is 5.92 Å². The lowest BCUT2D eigenvalue weighted by Gasteiger charge is -2.20. The zero-order valence-electron chi connectivity index (χ0n) is 18.2. The van der Waals surface area contributed by atoms with Gasteiger partial charge in [0.2, 0.25) is 0 Å². The van der Waals surface area contributed by atoms with E-state index < -0.39 is 0 Å². The van der Waals surface area contributed by atoms with Crippen LogP contribution in [-0.2, 0) is 13.0 Å². The normalized spacial score (nSPS) is 14.9. The molecule has 1 aliphatic heterocycles. The molecule has 1 aliphatic rings. The van der Waals surface area contributed by atoms with Gasteiger partial charge < -0.3 is 10.1 Å². The molecule has 4 nitrogen and oxygen atoms in total. The molecular weight excluding hydrogens is 370 g/mol. The van der Waals surface area contributed by atoms with E-state index in [9.17, 15) is 0 Å². The summed E-state index contributed by atoms with van der Waals surface area (Å²) < 4.78 is 8.03. The minimum absolute atomic E-state index is 0.530.